The zero-order valence-electron chi connectivity index (χ0n) is 15.6. The predicted octanol–water partition coefficient (Wildman–Crippen LogP) is 3.63. The molecule has 5 heteroatoms. The van der Waals surface area contributed by atoms with Crippen LogP contribution in [0.1, 0.15) is 30.2 Å². The number of hydrogen-bond acceptors (Lipinski definition) is 5. The van der Waals surface area contributed by atoms with E-state index in [1.54, 1.807) is 0 Å². The molecule has 1 fully saturated rings. The highest BCUT2D eigenvalue weighted by Gasteiger charge is 2.14. The fourth-order valence-electron chi connectivity index (χ4n) is 2.91. The summed E-state index contributed by atoms with van der Waals surface area (Å²) in [6.07, 6.45) is 2.87. The first-order chi connectivity index (χ1) is 12.7. The molecule has 0 spiro atoms. The first kappa shape index (κ1) is 18.4. The van der Waals surface area contributed by atoms with Crippen LogP contribution in [0.25, 0.3) is 0 Å². The van der Waals surface area contributed by atoms with E-state index in [9.17, 15) is 0 Å². The van der Waals surface area contributed by atoms with E-state index in [1.807, 2.05) is 18.3 Å². The minimum absolute atomic E-state index is 0.536. The SMILES string of the molecule is CCCOc1cc(N2CCOCC2)cc(CN=Cc2cccc(C)c2)n1. The minimum atomic E-state index is 0.536. The van der Waals surface area contributed by atoms with E-state index in [1.165, 1.54) is 5.56 Å². The summed E-state index contributed by atoms with van der Waals surface area (Å²) in [6, 6.07) is 12.4. The van der Waals surface area contributed by atoms with Gasteiger partial charge in [0.15, 0.2) is 0 Å². The van der Waals surface area contributed by atoms with Crippen LogP contribution in [-0.2, 0) is 11.3 Å². The molecule has 1 aliphatic heterocycles. The fraction of sp³-hybridized carbons (Fsp3) is 0.429. The molecule has 3 rings (SSSR count). The highest BCUT2D eigenvalue weighted by molar-refractivity contribution is 5.79. The van der Waals surface area contributed by atoms with Gasteiger partial charge in [0.25, 0.3) is 0 Å². The molecule has 0 unspecified atom stereocenters. The third kappa shape index (κ3) is 5.30. The van der Waals surface area contributed by atoms with Crippen LogP contribution in [0, 0.1) is 6.92 Å². The molecule has 0 aliphatic carbocycles. The van der Waals surface area contributed by atoms with Crippen LogP contribution in [0.2, 0.25) is 0 Å². The number of aliphatic imine (C=N–C) groups is 1. The Morgan fingerprint density at radius 3 is 2.85 bits per heavy atom. The van der Waals surface area contributed by atoms with Gasteiger partial charge in [-0.15, -0.1) is 0 Å². The maximum atomic E-state index is 5.79. The molecule has 0 bridgehead atoms. The van der Waals surface area contributed by atoms with Gasteiger partial charge >= 0.3 is 0 Å². The van der Waals surface area contributed by atoms with Gasteiger partial charge < -0.3 is 14.4 Å². The Balaban J connectivity index is 1.75. The van der Waals surface area contributed by atoms with Crippen molar-refractivity contribution in [2.75, 3.05) is 37.8 Å². The number of aryl methyl sites for hydroxylation is 1. The Hall–Kier alpha value is -2.40. The van der Waals surface area contributed by atoms with Gasteiger partial charge in [-0.2, -0.15) is 0 Å². The van der Waals surface area contributed by atoms with E-state index in [2.05, 4.69) is 53.0 Å². The average molecular weight is 353 g/mol. The number of aromatic nitrogens is 1. The number of ether oxygens (including phenoxy) is 2. The van der Waals surface area contributed by atoms with Gasteiger partial charge in [0.1, 0.15) is 0 Å². The maximum absolute atomic E-state index is 5.79. The van der Waals surface area contributed by atoms with Gasteiger partial charge in [-0.05, 0) is 25.0 Å². The summed E-state index contributed by atoms with van der Waals surface area (Å²) < 4.78 is 11.2. The Morgan fingerprint density at radius 1 is 1.23 bits per heavy atom. The lowest BCUT2D eigenvalue weighted by atomic mass is 10.1. The molecule has 1 saturated heterocycles. The number of nitrogens with zero attached hydrogens (tertiary/aromatic N) is 3. The van der Waals surface area contributed by atoms with Crippen molar-refractivity contribution >= 4 is 11.9 Å². The second kappa shape index (κ2) is 9.34. The van der Waals surface area contributed by atoms with Crippen molar-refractivity contribution in [2.45, 2.75) is 26.8 Å². The number of hydrogen-bond donors (Lipinski definition) is 0. The van der Waals surface area contributed by atoms with Crippen molar-refractivity contribution in [3.8, 4) is 5.88 Å². The van der Waals surface area contributed by atoms with Gasteiger partial charge in [-0.1, -0.05) is 36.8 Å². The van der Waals surface area contributed by atoms with Gasteiger partial charge in [0.2, 0.25) is 5.88 Å². The number of pyridine rings is 1. The third-order valence-electron chi connectivity index (χ3n) is 4.21. The van der Waals surface area contributed by atoms with Gasteiger partial charge in [-0.25, -0.2) is 4.98 Å². The highest BCUT2D eigenvalue weighted by Crippen LogP contribution is 2.23. The van der Waals surface area contributed by atoms with Crippen molar-refractivity contribution in [3.05, 3.63) is 53.2 Å². The summed E-state index contributed by atoms with van der Waals surface area (Å²) >= 11 is 0. The molecule has 0 saturated carbocycles. The monoisotopic (exact) mass is 353 g/mol. The van der Waals surface area contributed by atoms with E-state index < -0.39 is 0 Å². The summed E-state index contributed by atoms with van der Waals surface area (Å²) in [5.74, 6) is 0.677. The summed E-state index contributed by atoms with van der Waals surface area (Å²) in [6.45, 7) is 8.69. The molecule has 2 heterocycles. The van der Waals surface area contributed by atoms with E-state index in [0.717, 1.165) is 49.7 Å². The van der Waals surface area contributed by atoms with Crippen molar-refractivity contribution in [1.82, 2.24) is 4.98 Å². The third-order valence-corrected chi connectivity index (χ3v) is 4.21. The predicted molar refractivity (Wildman–Crippen MR) is 106 cm³/mol. The lowest BCUT2D eigenvalue weighted by molar-refractivity contribution is 0.122. The van der Waals surface area contributed by atoms with Crippen LogP contribution in [0.3, 0.4) is 0 Å². The van der Waals surface area contributed by atoms with Crippen molar-refractivity contribution in [2.24, 2.45) is 4.99 Å². The van der Waals surface area contributed by atoms with E-state index >= 15 is 0 Å². The van der Waals surface area contributed by atoms with Gasteiger partial charge in [0, 0.05) is 31.1 Å². The zero-order chi connectivity index (χ0) is 18.2. The van der Waals surface area contributed by atoms with Crippen molar-refractivity contribution < 1.29 is 9.47 Å². The molecule has 1 aromatic heterocycles. The number of benzene rings is 1. The van der Waals surface area contributed by atoms with E-state index in [0.29, 0.717) is 19.0 Å². The summed E-state index contributed by atoms with van der Waals surface area (Å²) in [7, 11) is 0. The molecule has 2 aromatic rings. The topological polar surface area (TPSA) is 47.0 Å². The highest BCUT2D eigenvalue weighted by atomic mass is 16.5. The Kier molecular flexibility index (Phi) is 6.61. The lowest BCUT2D eigenvalue weighted by Gasteiger charge is -2.29. The Labute approximate surface area is 155 Å². The van der Waals surface area contributed by atoms with Gasteiger partial charge in [-0.3, -0.25) is 4.99 Å². The molecule has 1 aromatic carbocycles. The zero-order valence-corrected chi connectivity index (χ0v) is 15.6. The van der Waals surface area contributed by atoms with E-state index in [-0.39, 0.29) is 0 Å². The molecule has 0 radical (unpaired) electrons. The fourth-order valence-corrected chi connectivity index (χ4v) is 2.91. The van der Waals surface area contributed by atoms with Crippen LogP contribution < -0.4 is 9.64 Å². The average Bonchev–Trinajstić information content (AvgIpc) is 2.67. The Morgan fingerprint density at radius 2 is 2.08 bits per heavy atom. The van der Waals surface area contributed by atoms with Crippen LogP contribution in [-0.4, -0.2) is 44.1 Å². The molecule has 5 nitrogen and oxygen atoms in total. The van der Waals surface area contributed by atoms with E-state index in [4.69, 9.17) is 9.47 Å². The maximum Gasteiger partial charge on any atom is 0.215 e. The normalized spacial score (nSPS) is 14.8. The first-order valence-electron chi connectivity index (χ1n) is 9.27. The largest absolute Gasteiger partial charge is 0.478 e. The van der Waals surface area contributed by atoms with Crippen LogP contribution in [0.15, 0.2) is 41.4 Å². The second-order valence-corrected chi connectivity index (χ2v) is 6.49. The van der Waals surface area contributed by atoms with Crippen molar-refractivity contribution in [1.29, 1.82) is 0 Å². The van der Waals surface area contributed by atoms with Crippen LogP contribution in [0.4, 0.5) is 5.69 Å². The molecular formula is C21H27N3O2. The molecule has 26 heavy (non-hydrogen) atoms. The first-order valence-corrected chi connectivity index (χ1v) is 9.27. The quantitative estimate of drug-likeness (QED) is 0.713. The molecule has 1 aliphatic rings. The number of morpholine rings is 1. The molecule has 138 valence electrons. The number of rotatable bonds is 7. The standard InChI is InChI=1S/C21H27N3O2/c1-3-9-26-21-14-20(24-7-10-25-11-8-24)13-19(23-21)16-22-15-18-6-4-5-17(2)12-18/h4-6,12-15H,3,7-11,16H2,1-2H3. The van der Waals surface area contributed by atoms with Crippen molar-refractivity contribution in [3.63, 3.8) is 0 Å². The second-order valence-electron chi connectivity index (χ2n) is 6.49. The summed E-state index contributed by atoms with van der Waals surface area (Å²) in [5, 5.41) is 0. The summed E-state index contributed by atoms with van der Waals surface area (Å²) in [5.41, 5.74) is 4.40. The molecule has 0 N–H and O–H groups in total. The van der Waals surface area contributed by atoms with Crippen LogP contribution in [0.5, 0.6) is 5.88 Å². The molecule has 0 atom stereocenters. The molecular weight excluding hydrogens is 326 g/mol. The Bertz CT molecular complexity index is 740. The van der Waals surface area contributed by atoms with Gasteiger partial charge in [0.05, 0.1) is 32.1 Å². The number of anilines is 1. The smallest absolute Gasteiger partial charge is 0.215 e. The molecule has 0 amide bonds. The summed E-state index contributed by atoms with van der Waals surface area (Å²) in [4.78, 5) is 11.5. The van der Waals surface area contributed by atoms with Crippen LogP contribution >= 0.6 is 0 Å². The minimum Gasteiger partial charge on any atom is -0.478 e. The lowest BCUT2D eigenvalue weighted by Crippen LogP contribution is -2.36.